The summed E-state index contributed by atoms with van der Waals surface area (Å²) in [5.41, 5.74) is 2.93. The summed E-state index contributed by atoms with van der Waals surface area (Å²) in [4.78, 5) is 32.0. The topological polar surface area (TPSA) is 71.0 Å². The van der Waals surface area contributed by atoms with Crippen molar-refractivity contribution in [3.05, 3.63) is 41.1 Å². The fourth-order valence-corrected chi connectivity index (χ4v) is 4.45. The van der Waals surface area contributed by atoms with Crippen LogP contribution in [0.1, 0.15) is 52.6 Å². The van der Waals surface area contributed by atoms with E-state index in [0.717, 1.165) is 35.1 Å². The molecule has 2 aliphatic heterocycles. The van der Waals surface area contributed by atoms with E-state index in [1.165, 1.54) is 0 Å². The van der Waals surface area contributed by atoms with Crippen molar-refractivity contribution < 1.29 is 14.3 Å². The number of benzene rings is 1. The second-order valence-corrected chi connectivity index (χ2v) is 8.98. The van der Waals surface area contributed by atoms with Crippen LogP contribution < -0.4 is 5.32 Å². The first-order valence-corrected chi connectivity index (χ1v) is 11.1. The van der Waals surface area contributed by atoms with Gasteiger partial charge in [0.1, 0.15) is 0 Å². The molecule has 0 aliphatic carbocycles. The largest absolute Gasteiger partial charge is 0.459 e. The van der Waals surface area contributed by atoms with Crippen molar-refractivity contribution in [1.29, 1.82) is 0 Å². The number of esters is 1. The van der Waals surface area contributed by atoms with Crippen LogP contribution in [-0.4, -0.2) is 40.3 Å². The number of amidine groups is 1. The average Bonchev–Trinajstić information content (AvgIpc) is 2.66. The molecular formula is C22H29N3O3S. The molecular weight excluding hydrogens is 386 g/mol. The highest BCUT2D eigenvalue weighted by atomic mass is 32.2. The second kappa shape index (κ2) is 9.03. The summed E-state index contributed by atoms with van der Waals surface area (Å²) in [5, 5.41) is 3.90. The number of ether oxygens (including phenoxy) is 1. The van der Waals surface area contributed by atoms with Gasteiger partial charge in [0.2, 0.25) is 5.91 Å². The van der Waals surface area contributed by atoms with E-state index in [4.69, 9.17) is 9.73 Å². The Kier molecular flexibility index (Phi) is 6.67. The predicted molar refractivity (Wildman–Crippen MR) is 118 cm³/mol. The van der Waals surface area contributed by atoms with Gasteiger partial charge in [0.25, 0.3) is 0 Å². The maximum Gasteiger partial charge on any atom is 0.338 e. The molecule has 0 bridgehead atoms. The van der Waals surface area contributed by atoms with Crippen LogP contribution in [0.25, 0.3) is 0 Å². The Bertz CT molecular complexity index is 861. The number of amides is 1. The monoisotopic (exact) mass is 415 g/mol. The van der Waals surface area contributed by atoms with Gasteiger partial charge in [0.05, 0.1) is 23.4 Å². The first-order chi connectivity index (χ1) is 13.8. The van der Waals surface area contributed by atoms with E-state index in [0.29, 0.717) is 11.3 Å². The third-order valence-corrected chi connectivity index (χ3v) is 5.89. The number of rotatable bonds is 5. The molecule has 156 valence electrons. The van der Waals surface area contributed by atoms with Crippen LogP contribution >= 0.6 is 11.8 Å². The Morgan fingerprint density at radius 2 is 2.03 bits per heavy atom. The summed E-state index contributed by atoms with van der Waals surface area (Å²) >= 11 is 1.72. The normalized spacial score (nSPS) is 19.2. The van der Waals surface area contributed by atoms with E-state index in [9.17, 15) is 9.59 Å². The number of nitrogens with zero attached hydrogens (tertiary/aromatic N) is 2. The Morgan fingerprint density at radius 1 is 1.28 bits per heavy atom. The molecule has 0 aromatic heterocycles. The molecule has 1 fully saturated rings. The van der Waals surface area contributed by atoms with Crippen LogP contribution in [-0.2, 0) is 14.3 Å². The van der Waals surface area contributed by atoms with E-state index in [1.54, 1.807) is 11.8 Å². The molecule has 3 rings (SSSR count). The van der Waals surface area contributed by atoms with Crippen LogP contribution in [0.15, 0.2) is 40.5 Å². The highest BCUT2D eigenvalue weighted by molar-refractivity contribution is 8.13. The van der Waals surface area contributed by atoms with Crippen LogP contribution in [0, 0.1) is 5.92 Å². The first-order valence-electron chi connectivity index (χ1n) is 10.1. The zero-order chi connectivity index (χ0) is 21.1. The van der Waals surface area contributed by atoms with E-state index < -0.39 is 0 Å². The number of carbonyl (C=O) groups excluding carboxylic acids is 2. The SMILES string of the molecule is CC1=C(C(=O)OC(C)C)[C@@H](c2cccc(NC(=O)C(C)C)c2)N2CCCSC2=N1. The number of aliphatic imine (C=N–C) groups is 1. The van der Waals surface area contributed by atoms with E-state index in [2.05, 4.69) is 10.2 Å². The summed E-state index contributed by atoms with van der Waals surface area (Å²) in [5.74, 6) is 0.542. The Morgan fingerprint density at radius 3 is 2.72 bits per heavy atom. The average molecular weight is 416 g/mol. The Hall–Kier alpha value is -2.28. The lowest BCUT2D eigenvalue weighted by molar-refractivity contribution is -0.143. The van der Waals surface area contributed by atoms with Crippen LogP contribution in [0.3, 0.4) is 0 Å². The lowest BCUT2D eigenvalue weighted by Gasteiger charge is -2.40. The van der Waals surface area contributed by atoms with E-state index in [-0.39, 0.29) is 29.9 Å². The van der Waals surface area contributed by atoms with Crippen LogP contribution in [0.4, 0.5) is 5.69 Å². The van der Waals surface area contributed by atoms with Gasteiger partial charge in [-0.15, -0.1) is 0 Å². The molecule has 1 aromatic rings. The van der Waals surface area contributed by atoms with E-state index >= 15 is 0 Å². The first kappa shape index (κ1) is 21.4. The molecule has 1 amide bonds. The van der Waals surface area contributed by atoms with Gasteiger partial charge in [-0.2, -0.15) is 0 Å². The second-order valence-electron chi connectivity index (χ2n) is 7.91. The molecule has 0 radical (unpaired) electrons. The third-order valence-electron chi connectivity index (χ3n) is 4.82. The van der Waals surface area contributed by atoms with Gasteiger partial charge >= 0.3 is 5.97 Å². The molecule has 6 nitrogen and oxygen atoms in total. The summed E-state index contributed by atoms with van der Waals surface area (Å²) < 4.78 is 5.55. The van der Waals surface area contributed by atoms with Crippen molar-refractivity contribution in [2.45, 2.75) is 53.2 Å². The Balaban J connectivity index is 2.02. The van der Waals surface area contributed by atoms with Gasteiger partial charge in [0.15, 0.2) is 5.17 Å². The van der Waals surface area contributed by atoms with Crippen molar-refractivity contribution in [1.82, 2.24) is 4.90 Å². The van der Waals surface area contributed by atoms with Gasteiger partial charge < -0.3 is 15.0 Å². The minimum atomic E-state index is -0.336. The minimum absolute atomic E-state index is 0.0345. The number of hydrogen-bond donors (Lipinski definition) is 1. The van der Waals surface area contributed by atoms with Gasteiger partial charge in [-0.3, -0.25) is 4.79 Å². The van der Waals surface area contributed by atoms with Gasteiger partial charge in [0, 0.05) is 23.9 Å². The highest BCUT2D eigenvalue weighted by Gasteiger charge is 2.38. The zero-order valence-electron chi connectivity index (χ0n) is 17.7. The standard InChI is InChI=1S/C22H29N3O3S/c1-13(2)20(26)24-17-9-6-8-16(12-17)19-18(21(27)28-14(3)4)15(5)23-22-25(19)10-7-11-29-22/h6,8-9,12-14,19H,7,10-11H2,1-5H3,(H,24,26)/t19-/m1/s1. The number of anilines is 1. The summed E-state index contributed by atoms with van der Waals surface area (Å²) in [6.45, 7) is 10.1. The molecule has 1 aromatic carbocycles. The molecule has 0 spiro atoms. The number of thioether (sulfide) groups is 1. The molecule has 2 aliphatic rings. The van der Waals surface area contributed by atoms with Crippen molar-refractivity contribution in [2.24, 2.45) is 10.9 Å². The maximum atomic E-state index is 13.0. The van der Waals surface area contributed by atoms with Gasteiger partial charge in [-0.1, -0.05) is 37.7 Å². The van der Waals surface area contributed by atoms with Crippen molar-refractivity contribution in [2.75, 3.05) is 17.6 Å². The van der Waals surface area contributed by atoms with Gasteiger partial charge in [-0.25, -0.2) is 9.79 Å². The van der Waals surface area contributed by atoms with Crippen molar-refractivity contribution in [3.8, 4) is 0 Å². The maximum absolute atomic E-state index is 13.0. The van der Waals surface area contributed by atoms with Crippen LogP contribution in [0.5, 0.6) is 0 Å². The van der Waals surface area contributed by atoms with Crippen molar-refractivity contribution >= 4 is 34.5 Å². The predicted octanol–water partition coefficient (Wildman–Crippen LogP) is 4.36. The van der Waals surface area contributed by atoms with E-state index in [1.807, 2.05) is 58.9 Å². The lowest BCUT2D eigenvalue weighted by Crippen LogP contribution is -2.42. The quantitative estimate of drug-likeness (QED) is 0.724. The minimum Gasteiger partial charge on any atom is -0.459 e. The third kappa shape index (κ3) is 4.83. The molecule has 1 atom stereocenters. The van der Waals surface area contributed by atoms with Gasteiger partial charge in [-0.05, 0) is 44.9 Å². The number of hydrogen-bond acceptors (Lipinski definition) is 6. The number of nitrogens with one attached hydrogen (secondary N) is 1. The lowest BCUT2D eigenvalue weighted by atomic mass is 9.94. The number of carbonyl (C=O) groups is 2. The fourth-order valence-electron chi connectivity index (χ4n) is 3.43. The molecule has 1 N–H and O–H groups in total. The number of allylic oxidation sites excluding steroid dienone is 1. The Labute approximate surface area is 176 Å². The molecule has 2 heterocycles. The molecule has 0 unspecified atom stereocenters. The van der Waals surface area contributed by atoms with Crippen molar-refractivity contribution in [3.63, 3.8) is 0 Å². The summed E-state index contributed by atoms with van der Waals surface area (Å²) in [6, 6.07) is 7.44. The molecule has 1 saturated heterocycles. The zero-order valence-corrected chi connectivity index (χ0v) is 18.5. The fraction of sp³-hybridized carbons (Fsp3) is 0.500. The van der Waals surface area contributed by atoms with Crippen LogP contribution in [0.2, 0.25) is 0 Å². The molecule has 7 heteroatoms. The summed E-state index contributed by atoms with van der Waals surface area (Å²) in [6.07, 6.45) is 0.816. The highest BCUT2D eigenvalue weighted by Crippen LogP contribution is 2.40. The summed E-state index contributed by atoms with van der Waals surface area (Å²) in [7, 11) is 0. The molecule has 0 saturated carbocycles. The smallest absolute Gasteiger partial charge is 0.338 e. The molecule has 29 heavy (non-hydrogen) atoms. The number of fused-ring (bicyclic) bond motifs is 1.